The number of carbonyl (C=O) groups is 1. The smallest absolute Gasteiger partial charge is 0.232 e. The molecule has 23 heavy (non-hydrogen) atoms. The molecule has 2 atom stereocenters. The van der Waals surface area contributed by atoms with Crippen molar-refractivity contribution in [3.63, 3.8) is 0 Å². The average Bonchev–Trinajstić information content (AvgIpc) is 2.86. The summed E-state index contributed by atoms with van der Waals surface area (Å²) in [5, 5.41) is 3.45. The van der Waals surface area contributed by atoms with Gasteiger partial charge in [-0.25, -0.2) is 4.39 Å². The highest BCUT2D eigenvalue weighted by Crippen LogP contribution is 2.32. The Morgan fingerprint density at radius 3 is 2.30 bits per heavy atom. The minimum absolute atomic E-state index is 0. The molecule has 0 bridgehead atoms. The summed E-state index contributed by atoms with van der Waals surface area (Å²) in [5.74, 6) is 1.13. The van der Waals surface area contributed by atoms with Gasteiger partial charge < -0.3 is 10.2 Å². The molecule has 3 nitrogen and oxygen atoms in total. The molecule has 2 aliphatic heterocycles. The summed E-state index contributed by atoms with van der Waals surface area (Å²) >= 11 is 0. The van der Waals surface area contributed by atoms with Crippen molar-refractivity contribution in [2.24, 2.45) is 11.8 Å². The first kappa shape index (κ1) is 18.2. The predicted molar refractivity (Wildman–Crippen MR) is 92.3 cm³/mol. The Morgan fingerprint density at radius 1 is 1.17 bits per heavy atom. The number of hydrogen-bond acceptors (Lipinski definition) is 2. The molecule has 3 rings (SSSR count). The summed E-state index contributed by atoms with van der Waals surface area (Å²) in [6, 6.07) is 6.62. The van der Waals surface area contributed by atoms with Crippen LogP contribution in [0.25, 0.3) is 0 Å². The molecule has 1 amide bonds. The van der Waals surface area contributed by atoms with Crippen LogP contribution in [0.2, 0.25) is 0 Å². The van der Waals surface area contributed by atoms with E-state index in [0.717, 1.165) is 39.0 Å². The number of halogens is 2. The second-order valence-electron chi connectivity index (χ2n) is 7.15. The molecule has 2 heterocycles. The fourth-order valence-electron chi connectivity index (χ4n) is 3.90. The second-order valence-corrected chi connectivity index (χ2v) is 7.15. The van der Waals surface area contributed by atoms with Gasteiger partial charge in [-0.05, 0) is 57.7 Å². The highest BCUT2D eigenvalue weighted by atomic mass is 35.5. The largest absolute Gasteiger partial charge is 0.342 e. The first-order chi connectivity index (χ1) is 10.5. The molecule has 5 heteroatoms. The molecule has 0 unspecified atom stereocenters. The maximum Gasteiger partial charge on any atom is 0.232 e. The van der Waals surface area contributed by atoms with Gasteiger partial charge in [0.05, 0.1) is 5.41 Å². The van der Waals surface area contributed by atoms with Crippen molar-refractivity contribution in [1.29, 1.82) is 0 Å². The fourth-order valence-corrected chi connectivity index (χ4v) is 3.90. The van der Waals surface area contributed by atoms with E-state index in [-0.39, 0.29) is 24.1 Å². The van der Waals surface area contributed by atoms with E-state index in [9.17, 15) is 9.18 Å². The summed E-state index contributed by atoms with van der Waals surface area (Å²) in [4.78, 5) is 14.9. The van der Waals surface area contributed by atoms with E-state index in [1.165, 1.54) is 6.07 Å². The Morgan fingerprint density at radius 2 is 1.74 bits per heavy atom. The van der Waals surface area contributed by atoms with Gasteiger partial charge >= 0.3 is 0 Å². The van der Waals surface area contributed by atoms with Gasteiger partial charge in [-0.2, -0.15) is 0 Å². The van der Waals surface area contributed by atoms with Crippen molar-refractivity contribution in [1.82, 2.24) is 10.2 Å². The molecule has 0 saturated carbocycles. The van der Waals surface area contributed by atoms with E-state index >= 15 is 0 Å². The van der Waals surface area contributed by atoms with E-state index in [1.807, 2.05) is 18.7 Å². The van der Waals surface area contributed by atoms with Gasteiger partial charge in [0, 0.05) is 18.7 Å². The zero-order valence-corrected chi connectivity index (χ0v) is 14.7. The summed E-state index contributed by atoms with van der Waals surface area (Å²) in [5.41, 5.74) is -0.325. The van der Waals surface area contributed by atoms with Crippen LogP contribution >= 0.6 is 12.4 Å². The van der Waals surface area contributed by atoms with Crippen LogP contribution in [0.3, 0.4) is 0 Å². The third-order valence-electron chi connectivity index (χ3n) is 5.39. The molecule has 0 aromatic heterocycles. The Bertz CT molecular complexity index is 550. The lowest BCUT2D eigenvalue weighted by molar-refractivity contribution is -0.136. The Hall–Kier alpha value is -1.13. The van der Waals surface area contributed by atoms with Gasteiger partial charge in [-0.3, -0.25) is 4.79 Å². The first-order valence-electron chi connectivity index (χ1n) is 8.25. The van der Waals surface area contributed by atoms with Crippen LogP contribution in [0, 0.1) is 17.7 Å². The average molecular weight is 341 g/mol. The van der Waals surface area contributed by atoms with Crippen LogP contribution in [0.4, 0.5) is 4.39 Å². The molecule has 1 aromatic rings. The number of carbonyl (C=O) groups excluding carboxylic acids is 1. The molecule has 2 aliphatic rings. The van der Waals surface area contributed by atoms with Gasteiger partial charge in [0.15, 0.2) is 0 Å². The topological polar surface area (TPSA) is 32.3 Å². The zero-order valence-electron chi connectivity index (χ0n) is 13.8. The van der Waals surface area contributed by atoms with E-state index in [0.29, 0.717) is 17.4 Å². The molecular formula is C18H26ClFN2O. The lowest BCUT2D eigenvalue weighted by Crippen LogP contribution is -2.44. The molecule has 0 spiro atoms. The van der Waals surface area contributed by atoms with E-state index in [2.05, 4.69) is 5.32 Å². The number of rotatable bonds is 2. The second kappa shape index (κ2) is 7.18. The van der Waals surface area contributed by atoms with Crippen LogP contribution in [-0.2, 0) is 10.2 Å². The van der Waals surface area contributed by atoms with Crippen molar-refractivity contribution in [2.75, 3.05) is 26.2 Å². The zero-order chi connectivity index (χ0) is 15.7. The van der Waals surface area contributed by atoms with Crippen LogP contribution in [0.1, 0.15) is 32.3 Å². The van der Waals surface area contributed by atoms with E-state index in [4.69, 9.17) is 0 Å². The normalized spacial score (nSPS) is 24.6. The lowest BCUT2D eigenvalue weighted by atomic mass is 9.82. The maximum atomic E-state index is 14.1. The monoisotopic (exact) mass is 340 g/mol. The van der Waals surface area contributed by atoms with Gasteiger partial charge in [-0.1, -0.05) is 18.2 Å². The highest BCUT2D eigenvalue weighted by Gasteiger charge is 2.38. The number of nitrogens with zero attached hydrogens (tertiary/aromatic N) is 1. The number of hydrogen-bond donors (Lipinski definition) is 1. The molecular weight excluding hydrogens is 315 g/mol. The molecule has 1 N–H and O–H groups in total. The molecule has 0 radical (unpaired) electrons. The van der Waals surface area contributed by atoms with Crippen molar-refractivity contribution in [3.05, 3.63) is 35.6 Å². The number of amides is 1. The molecule has 128 valence electrons. The first-order valence-corrected chi connectivity index (χ1v) is 8.25. The van der Waals surface area contributed by atoms with E-state index in [1.54, 1.807) is 18.2 Å². The van der Waals surface area contributed by atoms with Gasteiger partial charge in [0.2, 0.25) is 5.91 Å². The van der Waals surface area contributed by atoms with E-state index < -0.39 is 5.41 Å². The quantitative estimate of drug-likeness (QED) is 0.897. The summed E-state index contributed by atoms with van der Waals surface area (Å²) in [6.07, 6.45) is 2.10. The van der Waals surface area contributed by atoms with Crippen LogP contribution in [0.15, 0.2) is 24.3 Å². The molecule has 1 aromatic carbocycles. The standard InChI is InChI=1S/C18H25FN2O.ClH/c1-18(2,15-5-3-4-6-16(15)19)17(22)21-9-7-13-11-20-12-14(13)8-10-21;/h3-6,13-14,20H,7-12H2,1-2H3;1H/t13-,14+;. The number of likely N-dealkylation sites (tertiary alicyclic amines) is 1. The summed E-state index contributed by atoms with van der Waals surface area (Å²) in [6.45, 7) is 7.40. The van der Waals surface area contributed by atoms with Crippen LogP contribution < -0.4 is 5.32 Å². The van der Waals surface area contributed by atoms with Crippen molar-refractivity contribution in [3.8, 4) is 0 Å². The van der Waals surface area contributed by atoms with Crippen LogP contribution in [0.5, 0.6) is 0 Å². The third kappa shape index (κ3) is 3.53. The highest BCUT2D eigenvalue weighted by molar-refractivity contribution is 5.87. The summed E-state index contributed by atoms with van der Waals surface area (Å²) in [7, 11) is 0. The Kier molecular flexibility index (Phi) is 5.69. The minimum Gasteiger partial charge on any atom is -0.342 e. The molecule has 2 fully saturated rings. The molecule has 0 aliphatic carbocycles. The van der Waals surface area contributed by atoms with Crippen LogP contribution in [-0.4, -0.2) is 37.0 Å². The van der Waals surface area contributed by atoms with Crippen molar-refractivity contribution in [2.45, 2.75) is 32.1 Å². The minimum atomic E-state index is -0.816. The van der Waals surface area contributed by atoms with Gasteiger partial charge in [0.1, 0.15) is 5.82 Å². The van der Waals surface area contributed by atoms with Gasteiger partial charge in [0.25, 0.3) is 0 Å². The number of nitrogens with one attached hydrogen (secondary N) is 1. The SMILES string of the molecule is CC(C)(C(=O)N1CC[C@@H]2CNC[C@@H]2CC1)c1ccccc1F.Cl. The predicted octanol–water partition coefficient (Wildman–Crippen LogP) is 2.98. The van der Waals surface area contributed by atoms with Crippen molar-refractivity contribution < 1.29 is 9.18 Å². The maximum absolute atomic E-state index is 14.1. The van der Waals surface area contributed by atoms with Crippen molar-refractivity contribution >= 4 is 18.3 Å². The Balaban J connectivity index is 0.00000192. The molecule has 2 saturated heterocycles. The number of fused-ring (bicyclic) bond motifs is 1. The lowest BCUT2D eigenvalue weighted by Gasteiger charge is -2.32. The van der Waals surface area contributed by atoms with Gasteiger partial charge in [-0.15, -0.1) is 12.4 Å². The Labute approximate surface area is 144 Å². The number of benzene rings is 1. The summed E-state index contributed by atoms with van der Waals surface area (Å²) < 4.78 is 14.1. The third-order valence-corrected chi connectivity index (χ3v) is 5.39. The fraction of sp³-hybridized carbons (Fsp3) is 0.611.